The Morgan fingerprint density at radius 3 is 2.04 bits per heavy atom. The Kier molecular flexibility index (Phi) is 16.9. The first-order chi connectivity index (χ1) is 24.7. The van der Waals surface area contributed by atoms with Crippen LogP contribution in [0.5, 0.6) is 0 Å². The van der Waals surface area contributed by atoms with Gasteiger partial charge in [0, 0.05) is 19.4 Å². The molecule has 53 heavy (non-hydrogen) atoms. The SMILES string of the molecule is Cc1cccc(C[C@H](NC(=O)[C@H](CC(C)C)NC(=O)[C@@H](NC(=O)[C@@H](N)CCC(=O)O)C(C)C)C(=O)N2CCC[C@@H]2C(=O)N[C@@H](CC(=O)O)C(=O)O)c1C. The quantitative estimate of drug-likeness (QED) is 0.0891. The second-order valence-corrected chi connectivity index (χ2v) is 14.3. The first-order valence-electron chi connectivity index (χ1n) is 17.7. The molecule has 294 valence electrons. The van der Waals surface area contributed by atoms with E-state index in [4.69, 9.17) is 15.9 Å². The van der Waals surface area contributed by atoms with E-state index in [2.05, 4.69) is 21.3 Å². The fourth-order valence-electron chi connectivity index (χ4n) is 6.04. The van der Waals surface area contributed by atoms with E-state index in [1.54, 1.807) is 26.0 Å². The van der Waals surface area contributed by atoms with Crippen molar-refractivity contribution in [1.82, 2.24) is 26.2 Å². The minimum Gasteiger partial charge on any atom is -0.481 e. The zero-order valence-electron chi connectivity index (χ0n) is 31.1. The summed E-state index contributed by atoms with van der Waals surface area (Å²) in [6, 6.07) is -2.06. The molecule has 0 unspecified atom stereocenters. The van der Waals surface area contributed by atoms with Crippen molar-refractivity contribution in [2.45, 2.75) is 123 Å². The minimum absolute atomic E-state index is 0.0148. The molecule has 17 heteroatoms. The van der Waals surface area contributed by atoms with Gasteiger partial charge in [0.05, 0.1) is 12.5 Å². The summed E-state index contributed by atoms with van der Waals surface area (Å²) >= 11 is 0. The lowest BCUT2D eigenvalue weighted by molar-refractivity contribution is -0.148. The molecular formula is C36H54N6O11. The molecule has 0 saturated carbocycles. The summed E-state index contributed by atoms with van der Waals surface area (Å²) in [7, 11) is 0. The third kappa shape index (κ3) is 13.5. The summed E-state index contributed by atoms with van der Waals surface area (Å²) in [4.78, 5) is 103. The third-order valence-corrected chi connectivity index (χ3v) is 9.18. The predicted molar refractivity (Wildman–Crippen MR) is 191 cm³/mol. The number of benzene rings is 1. The van der Waals surface area contributed by atoms with Crippen LogP contribution in [0.4, 0.5) is 0 Å². The van der Waals surface area contributed by atoms with Crippen LogP contribution in [-0.4, -0.2) is 110 Å². The van der Waals surface area contributed by atoms with E-state index in [1.807, 2.05) is 33.8 Å². The maximum Gasteiger partial charge on any atom is 0.326 e. The highest BCUT2D eigenvalue weighted by atomic mass is 16.4. The van der Waals surface area contributed by atoms with Crippen molar-refractivity contribution in [2.75, 3.05) is 6.54 Å². The van der Waals surface area contributed by atoms with Gasteiger partial charge in [-0.25, -0.2) is 4.79 Å². The van der Waals surface area contributed by atoms with Gasteiger partial charge in [0.15, 0.2) is 0 Å². The average Bonchev–Trinajstić information content (AvgIpc) is 3.56. The van der Waals surface area contributed by atoms with Gasteiger partial charge in [0.1, 0.15) is 30.2 Å². The highest BCUT2D eigenvalue weighted by molar-refractivity contribution is 5.97. The molecule has 2 rings (SSSR count). The Labute approximate surface area is 308 Å². The summed E-state index contributed by atoms with van der Waals surface area (Å²) < 4.78 is 0. The number of hydrogen-bond acceptors (Lipinski definition) is 9. The number of carbonyl (C=O) groups is 8. The first-order valence-corrected chi connectivity index (χ1v) is 17.7. The van der Waals surface area contributed by atoms with Crippen LogP contribution in [-0.2, 0) is 44.8 Å². The van der Waals surface area contributed by atoms with Gasteiger partial charge in [0.2, 0.25) is 29.5 Å². The number of rotatable bonds is 20. The number of aliphatic carboxylic acids is 3. The molecule has 1 fully saturated rings. The molecule has 1 aromatic carbocycles. The summed E-state index contributed by atoms with van der Waals surface area (Å²) in [5.41, 5.74) is 8.40. The van der Waals surface area contributed by atoms with Crippen molar-refractivity contribution >= 4 is 47.4 Å². The van der Waals surface area contributed by atoms with E-state index < -0.39 is 96.0 Å². The molecule has 6 atom stereocenters. The standard InChI is InChI=1S/C36H54N6O11/c1-18(2)15-24(38-34(50)30(19(3)4)41-31(47)23(37)12-13-28(43)44)32(48)39-25(16-22-10-7-9-20(5)21(22)6)35(51)42-14-8-11-27(42)33(49)40-26(36(52)53)17-29(45)46/h7,9-10,18-19,23-27,30H,8,11-17,37H2,1-6H3,(H,38,50)(H,39,48)(H,40,49)(H,41,47)(H,43,44)(H,45,46)(H,52,53)/t23-,24-,25-,26-,27+,30-/m0/s1. The lowest BCUT2D eigenvalue weighted by Gasteiger charge is -2.31. The van der Waals surface area contributed by atoms with E-state index in [0.29, 0.717) is 6.42 Å². The number of nitrogens with one attached hydrogen (secondary N) is 4. The molecule has 17 nitrogen and oxygen atoms in total. The molecule has 0 aliphatic carbocycles. The van der Waals surface area contributed by atoms with Crippen molar-refractivity contribution in [3.05, 3.63) is 34.9 Å². The maximum absolute atomic E-state index is 14.3. The minimum atomic E-state index is -1.72. The topological polar surface area (TPSA) is 275 Å². The van der Waals surface area contributed by atoms with Gasteiger partial charge < -0.3 is 47.2 Å². The number of nitrogens with two attached hydrogens (primary N) is 1. The number of carboxylic acid groups (broad SMARTS) is 3. The van der Waals surface area contributed by atoms with Crippen LogP contribution in [0.25, 0.3) is 0 Å². The number of aryl methyl sites for hydroxylation is 1. The molecule has 0 aromatic heterocycles. The number of nitrogens with zero attached hydrogens (tertiary/aromatic N) is 1. The van der Waals surface area contributed by atoms with Gasteiger partial charge in [-0.15, -0.1) is 0 Å². The summed E-state index contributed by atoms with van der Waals surface area (Å²) in [6.07, 6.45) is -0.635. The zero-order valence-corrected chi connectivity index (χ0v) is 31.1. The van der Waals surface area contributed by atoms with Crippen molar-refractivity contribution in [3.63, 3.8) is 0 Å². The molecule has 1 aromatic rings. The molecule has 0 bridgehead atoms. The maximum atomic E-state index is 14.3. The normalized spacial score (nSPS) is 16.9. The third-order valence-electron chi connectivity index (χ3n) is 9.18. The molecule has 1 aliphatic rings. The van der Waals surface area contributed by atoms with Crippen LogP contribution in [0.3, 0.4) is 0 Å². The first kappa shape index (κ1) is 44.1. The number of amides is 5. The molecule has 1 saturated heterocycles. The van der Waals surface area contributed by atoms with Crippen LogP contribution in [0.15, 0.2) is 18.2 Å². The Morgan fingerprint density at radius 2 is 1.47 bits per heavy atom. The van der Waals surface area contributed by atoms with Crippen LogP contribution in [0, 0.1) is 25.7 Å². The molecule has 9 N–H and O–H groups in total. The van der Waals surface area contributed by atoms with Crippen molar-refractivity contribution in [1.29, 1.82) is 0 Å². The highest BCUT2D eigenvalue weighted by Gasteiger charge is 2.40. The number of carboxylic acids is 3. The molecule has 0 radical (unpaired) electrons. The molecule has 0 spiro atoms. The molecule has 5 amide bonds. The summed E-state index contributed by atoms with van der Waals surface area (Å²) in [5, 5.41) is 37.8. The number of likely N-dealkylation sites (tertiary alicyclic amines) is 1. The van der Waals surface area contributed by atoms with Crippen LogP contribution >= 0.6 is 0 Å². The number of hydrogen-bond donors (Lipinski definition) is 8. The van der Waals surface area contributed by atoms with E-state index in [0.717, 1.165) is 16.7 Å². The fraction of sp³-hybridized carbons (Fsp3) is 0.611. The van der Waals surface area contributed by atoms with Gasteiger partial charge in [-0.2, -0.15) is 0 Å². The van der Waals surface area contributed by atoms with E-state index in [9.17, 15) is 43.5 Å². The summed E-state index contributed by atoms with van der Waals surface area (Å²) in [6.45, 7) is 10.9. The van der Waals surface area contributed by atoms with E-state index >= 15 is 0 Å². The van der Waals surface area contributed by atoms with Gasteiger partial charge in [0.25, 0.3) is 0 Å². The predicted octanol–water partition coefficient (Wildman–Crippen LogP) is 0.230. The average molecular weight is 747 g/mol. The molecule has 1 aliphatic heterocycles. The second kappa shape index (κ2) is 20.3. The Bertz CT molecular complexity index is 1530. The van der Waals surface area contributed by atoms with Gasteiger partial charge in [-0.1, -0.05) is 45.9 Å². The van der Waals surface area contributed by atoms with Gasteiger partial charge in [-0.05, 0) is 68.1 Å². The second-order valence-electron chi connectivity index (χ2n) is 14.3. The largest absolute Gasteiger partial charge is 0.481 e. The van der Waals surface area contributed by atoms with E-state index in [1.165, 1.54) is 4.90 Å². The molecular weight excluding hydrogens is 692 g/mol. The van der Waals surface area contributed by atoms with Crippen molar-refractivity contribution in [3.8, 4) is 0 Å². The monoisotopic (exact) mass is 746 g/mol. The lowest BCUT2D eigenvalue weighted by atomic mass is 9.95. The Morgan fingerprint density at radius 1 is 0.830 bits per heavy atom. The fourth-order valence-corrected chi connectivity index (χ4v) is 6.04. The van der Waals surface area contributed by atoms with Crippen LogP contribution in [0.2, 0.25) is 0 Å². The van der Waals surface area contributed by atoms with Crippen LogP contribution in [0.1, 0.15) is 82.9 Å². The number of carbonyl (C=O) groups excluding carboxylic acids is 5. The molecule has 1 heterocycles. The lowest BCUT2D eigenvalue weighted by Crippen LogP contribution is -2.60. The zero-order chi connectivity index (χ0) is 40.2. The van der Waals surface area contributed by atoms with Crippen molar-refractivity contribution in [2.24, 2.45) is 17.6 Å². The van der Waals surface area contributed by atoms with Crippen LogP contribution < -0.4 is 27.0 Å². The Balaban J connectivity index is 2.40. The Hall–Kier alpha value is -5.06. The van der Waals surface area contributed by atoms with Crippen molar-refractivity contribution < 1.29 is 53.7 Å². The highest BCUT2D eigenvalue weighted by Crippen LogP contribution is 2.22. The van der Waals surface area contributed by atoms with Gasteiger partial charge >= 0.3 is 17.9 Å². The summed E-state index contributed by atoms with van der Waals surface area (Å²) in [5.74, 6) is -8.27. The van der Waals surface area contributed by atoms with Gasteiger partial charge in [-0.3, -0.25) is 33.6 Å². The smallest absolute Gasteiger partial charge is 0.326 e. The van der Waals surface area contributed by atoms with E-state index in [-0.39, 0.29) is 44.6 Å².